The van der Waals surface area contributed by atoms with E-state index in [4.69, 9.17) is 0 Å². The number of hydrogen-bond donors (Lipinski definition) is 0. The van der Waals surface area contributed by atoms with E-state index in [2.05, 4.69) is 13.8 Å². The molecule has 2 unspecified atom stereocenters. The summed E-state index contributed by atoms with van der Waals surface area (Å²) < 4.78 is 0. The topological polar surface area (TPSA) is 0 Å². The van der Waals surface area contributed by atoms with Gasteiger partial charge in [0.15, 0.2) is 0 Å². The Balaban J connectivity index is 0.000000810. The highest BCUT2D eigenvalue weighted by atomic mass is 14.3. The van der Waals surface area contributed by atoms with E-state index in [9.17, 15) is 0 Å². The monoisotopic (exact) mass is 142 g/mol. The summed E-state index contributed by atoms with van der Waals surface area (Å²) in [5.41, 5.74) is 0. The van der Waals surface area contributed by atoms with Gasteiger partial charge in [0.25, 0.3) is 0 Å². The molecule has 0 aromatic rings. The highest BCUT2D eigenvalue weighted by molar-refractivity contribution is 4.73. The fourth-order valence-corrected chi connectivity index (χ4v) is 2.02. The standard InChI is InChI=1S/C9H18.CH4/c1-3-5-9-7-4-6-8(9)2;/h8-9H,3-7H2,1-2H3;1H4. The van der Waals surface area contributed by atoms with E-state index in [1.165, 1.54) is 32.1 Å². The molecule has 0 aromatic carbocycles. The molecule has 1 fully saturated rings. The van der Waals surface area contributed by atoms with Gasteiger partial charge >= 0.3 is 0 Å². The molecule has 1 rings (SSSR count). The maximum Gasteiger partial charge on any atom is -0.0389 e. The first-order chi connectivity index (χ1) is 4.34. The van der Waals surface area contributed by atoms with Crippen molar-refractivity contribution in [1.82, 2.24) is 0 Å². The molecular formula is C10H22. The van der Waals surface area contributed by atoms with Gasteiger partial charge in [0.2, 0.25) is 0 Å². The van der Waals surface area contributed by atoms with Crippen molar-refractivity contribution in [1.29, 1.82) is 0 Å². The molecule has 0 N–H and O–H groups in total. The van der Waals surface area contributed by atoms with Crippen LogP contribution in [0, 0.1) is 11.8 Å². The predicted octanol–water partition coefficient (Wildman–Crippen LogP) is 3.86. The van der Waals surface area contributed by atoms with Crippen molar-refractivity contribution in [2.75, 3.05) is 0 Å². The molecule has 0 nitrogen and oxygen atoms in total. The molecule has 1 aliphatic carbocycles. The van der Waals surface area contributed by atoms with Crippen LogP contribution in [0.5, 0.6) is 0 Å². The van der Waals surface area contributed by atoms with Crippen molar-refractivity contribution in [3.63, 3.8) is 0 Å². The maximum absolute atomic E-state index is 2.41. The summed E-state index contributed by atoms with van der Waals surface area (Å²) >= 11 is 0. The second-order valence-corrected chi connectivity index (χ2v) is 3.46. The van der Waals surface area contributed by atoms with Gasteiger partial charge in [-0.3, -0.25) is 0 Å². The minimum absolute atomic E-state index is 0. The van der Waals surface area contributed by atoms with Crippen LogP contribution in [0.3, 0.4) is 0 Å². The summed E-state index contributed by atoms with van der Waals surface area (Å²) in [5, 5.41) is 0. The zero-order valence-corrected chi connectivity index (χ0v) is 6.69. The molecule has 1 aliphatic rings. The van der Waals surface area contributed by atoms with Crippen molar-refractivity contribution in [3.05, 3.63) is 0 Å². The first-order valence-electron chi connectivity index (χ1n) is 4.34. The Kier molecular flexibility index (Phi) is 4.76. The zero-order valence-electron chi connectivity index (χ0n) is 6.69. The van der Waals surface area contributed by atoms with Crippen LogP contribution < -0.4 is 0 Å². The van der Waals surface area contributed by atoms with E-state index in [1.807, 2.05) is 0 Å². The lowest BCUT2D eigenvalue weighted by Crippen LogP contribution is -2.02. The number of hydrogen-bond acceptors (Lipinski definition) is 0. The van der Waals surface area contributed by atoms with Crippen LogP contribution in [0.1, 0.15) is 53.4 Å². The van der Waals surface area contributed by atoms with E-state index in [1.54, 1.807) is 0 Å². The third kappa shape index (κ3) is 2.32. The van der Waals surface area contributed by atoms with Crippen LogP contribution in [0.25, 0.3) is 0 Å². The first-order valence-corrected chi connectivity index (χ1v) is 4.34. The van der Waals surface area contributed by atoms with Gasteiger partial charge in [0, 0.05) is 0 Å². The van der Waals surface area contributed by atoms with Crippen molar-refractivity contribution < 1.29 is 0 Å². The summed E-state index contributed by atoms with van der Waals surface area (Å²) in [5.74, 6) is 2.11. The third-order valence-electron chi connectivity index (χ3n) is 2.70. The number of rotatable bonds is 2. The molecule has 2 atom stereocenters. The van der Waals surface area contributed by atoms with Crippen molar-refractivity contribution in [2.45, 2.75) is 53.4 Å². The Morgan fingerprint density at radius 2 is 2.00 bits per heavy atom. The van der Waals surface area contributed by atoms with Gasteiger partial charge in [-0.25, -0.2) is 0 Å². The Morgan fingerprint density at radius 1 is 1.30 bits per heavy atom. The van der Waals surface area contributed by atoms with Gasteiger partial charge in [0.1, 0.15) is 0 Å². The van der Waals surface area contributed by atoms with E-state index < -0.39 is 0 Å². The SMILES string of the molecule is C.CCCC1CCCC1C. The molecule has 0 amide bonds. The minimum Gasteiger partial charge on any atom is -0.0776 e. The second-order valence-electron chi connectivity index (χ2n) is 3.46. The highest BCUT2D eigenvalue weighted by Gasteiger charge is 2.21. The average Bonchev–Trinajstić information content (AvgIpc) is 2.18. The smallest absolute Gasteiger partial charge is 0.0389 e. The van der Waals surface area contributed by atoms with Crippen molar-refractivity contribution in [3.8, 4) is 0 Å². The lowest BCUT2D eigenvalue weighted by molar-refractivity contribution is 0.388. The van der Waals surface area contributed by atoms with Gasteiger partial charge < -0.3 is 0 Å². The third-order valence-corrected chi connectivity index (χ3v) is 2.70. The summed E-state index contributed by atoms with van der Waals surface area (Å²) in [7, 11) is 0. The fraction of sp³-hybridized carbons (Fsp3) is 1.00. The molecule has 62 valence electrons. The highest BCUT2D eigenvalue weighted by Crippen LogP contribution is 2.33. The fourth-order valence-electron chi connectivity index (χ4n) is 2.02. The molecular weight excluding hydrogens is 120 g/mol. The van der Waals surface area contributed by atoms with Crippen LogP contribution in [0.4, 0.5) is 0 Å². The molecule has 0 radical (unpaired) electrons. The van der Waals surface area contributed by atoms with Gasteiger partial charge in [-0.05, 0) is 11.8 Å². The molecule has 1 saturated carbocycles. The van der Waals surface area contributed by atoms with Crippen LogP contribution in [0.15, 0.2) is 0 Å². The molecule has 0 saturated heterocycles. The first kappa shape index (κ1) is 10.0. The Bertz CT molecular complexity index is 76.1. The van der Waals surface area contributed by atoms with E-state index >= 15 is 0 Å². The minimum atomic E-state index is 0. The lowest BCUT2D eigenvalue weighted by Gasteiger charge is -2.12. The van der Waals surface area contributed by atoms with E-state index in [-0.39, 0.29) is 7.43 Å². The van der Waals surface area contributed by atoms with Crippen LogP contribution in [0.2, 0.25) is 0 Å². The summed E-state index contributed by atoms with van der Waals surface area (Å²) in [4.78, 5) is 0. The molecule has 0 heteroatoms. The lowest BCUT2D eigenvalue weighted by atomic mass is 9.94. The van der Waals surface area contributed by atoms with Crippen LogP contribution in [-0.4, -0.2) is 0 Å². The second kappa shape index (κ2) is 4.76. The van der Waals surface area contributed by atoms with Gasteiger partial charge in [-0.2, -0.15) is 0 Å². The maximum atomic E-state index is 2.41. The molecule has 0 aliphatic heterocycles. The van der Waals surface area contributed by atoms with Crippen LogP contribution in [-0.2, 0) is 0 Å². The Morgan fingerprint density at radius 3 is 2.40 bits per heavy atom. The molecule has 0 heterocycles. The van der Waals surface area contributed by atoms with E-state index in [0.29, 0.717) is 0 Å². The summed E-state index contributed by atoms with van der Waals surface area (Å²) in [6.07, 6.45) is 7.35. The largest absolute Gasteiger partial charge is 0.0776 e. The van der Waals surface area contributed by atoms with Crippen LogP contribution >= 0.6 is 0 Å². The van der Waals surface area contributed by atoms with Gasteiger partial charge in [-0.1, -0.05) is 53.4 Å². The zero-order chi connectivity index (χ0) is 6.69. The summed E-state index contributed by atoms with van der Waals surface area (Å²) in [6.45, 7) is 4.71. The Labute approximate surface area is 66.0 Å². The summed E-state index contributed by atoms with van der Waals surface area (Å²) in [6, 6.07) is 0. The molecule has 0 spiro atoms. The molecule has 0 aromatic heterocycles. The van der Waals surface area contributed by atoms with Crippen molar-refractivity contribution in [2.24, 2.45) is 11.8 Å². The quantitative estimate of drug-likeness (QED) is 0.549. The van der Waals surface area contributed by atoms with Crippen molar-refractivity contribution >= 4 is 0 Å². The van der Waals surface area contributed by atoms with E-state index in [0.717, 1.165) is 11.8 Å². The normalized spacial score (nSPS) is 31.8. The van der Waals surface area contributed by atoms with Gasteiger partial charge in [-0.15, -0.1) is 0 Å². The molecule has 0 bridgehead atoms. The molecule has 10 heavy (non-hydrogen) atoms. The van der Waals surface area contributed by atoms with Gasteiger partial charge in [0.05, 0.1) is 0 Å². The Hall–Kier alpha value is 0. The average molecular weight is 142 g/mol. The predicted molar refractivity (Wildman–Crippen MR) is 48.1 cm³/mol.